The molecule has 3 aromatic rings. The molecule has 0 saturated carbocycles. The van der Waals surface area contributed by atoms with Crippen LogP contribution in [0.5, 0.6) is 0 Å². The summed E-state index contributed by atoms with van der Waals surface area (Å²) in [4.78, 5) is 28.6. The third kappa shape index (κ3) is 5.03. The topological polar surface area (TPSA) is 76.9 Å². The molecule has 9 heteroatoms. The minimum absolute atomic E-state index is 0.0489. The SMILES string of the molecule is CNC(=O)c1nc(-c2ccc(Cl)c(F)c2)nn1CC(=O)CCc1cccc(F)c1. The van der Waals surface area contributed by atoms with E-state index in [2.05, 4.69) is 15.4 Å². The minimum Gasteiger partial charge on any atom is -0.352 e. The maximum Gasteiger partial charge on any atom is 0.288 e. The van der Waals surface area contributed by atoms with Gasteiger partial charge in [0.15, 0.2) is 11.6 Å². The van der Waals surface area contributed by atoms with Crippen LogP contribution in [0.25, 0.3) is 11.4 Å². The Bertz CT molecular complexity index is 1070. The van der Waals surface area contributed by atoms with Crippen LogP contribution in [0.3, 0.4) is 0 Å². The first-order valence-electron chi connectivity index (χ1n) is 8.76. The van der Waals surface area contributed by atoms with Crippen molar-refractivity contribution in [3.05, 3.63) is 70.5 Å². The van der Waals surface area contributed by atoms with Gasteiger partial charge in [-0.25, -0.2) is 18.4 Å². The maximum absolute atomic E-state index is 13.7. The van der Waals surface area contributed by atoms with Crippen molar-refractivity contribution >= 4 is 23.3 Å². The molecule has 0 spiro atoms. The molecule has 1 amide bonds. The highest BCUT2D eigenvalue weighted by molar-refractivity contribution is 6.30. The second-order valence-corrected chi connectivity index (χ2v) is 6.70. The Morgan fingerprint density at radius 2 is 1.97 bits per heavy atom. The molecule has 0 aliphatic carbocycles. The molecule has 0 atom stereocenters. The van der Waals surface area contributed by atoms with Crippen molar-refractivity contribution < 1.29 is 18.4 Å². The summed E-state index contributed by atoms with van der Waals surface area (Å²) in [6.45, 7) is -0.193. The van der Waals surface area contributed by atoms with Gasteiger partial charge < -0.3 is 5.32 Å². The second-order valence-electron chi connectivity index (χ2n) is 6.29. The van der Waals surface area contributed by atoms with E-state index in [1.54, 1.807) is 12.1 Å². The van der Waals surface area contributed by atoms with E-state index in [0.29, 0.717) is 17.5 Å². The van der Waals surface area contributed by atoms with Gasteiger partial charge in [0.05, 0.1) is 5.02 Å². The smallest absolute Gasteiger partial charge is 0.288 e. The fraction of sp³-hybridized carbons (Fsp3) is 0.200. The molecule has 0 aliphatic rings. The van der Waals surface area contributed by atoms with Crippen LogP contribution in [0.15, 0.2) is 42.5 Å². The lowest BCUT2D eigenvalue weighted by atomic mass is 10.1. The Morgan fingerprint density at radius 3 is 2.66 bits per heavy atom. The highest BCUT2D eigenvalue weighted by Crippen LogP contribution is 2.22. The van der Waals surface area contributed by atoms with Gasteiger partial charge in [-0.15, -0.1) is 5.10 Å². The predicted molar refractivity (Wildman–Crippen MR) is 104 cm³/mol. The molecule has 2 aromatic carbocycles. The number of Topliss-reactive ketones (excluding diaryl/α,β-unsaturated/α-hetero) is 1. The summed E-state index contributed by atoms with van der Waals surface area (Å²) in [5, 5.41) is 6.57. The van der Waals surface area contributed by atoms with Crippen LogP contribution < -0.4 is 5.32 Å². The van der Waals surface area contributed by atoms with Gasteiger partial charge in [-0.05, 0) is 42.3 Å². The van der Waals surface area contributed by atoms with Crippen molar-refractivity contribution in [1.82, 2.24) is 20.1 Å². The second kappa shape index (κ2) is 8.91. The summed E-state index contributed by atoms with van der Waals surface area (Å²) >= 11 is 5.69. The Hall–Kier alpha value is -3.13. The van der Waals surface area contributed by atoms with Crippen LogP contribution in [0, 0.1) is 11.6 Å². The van der Waals surface area contributed by atoms with Crippen molar-refractivity contribution in [2.45, 2.75) is 19.4 Å². The highest BCUT2D eigenvalue weighted by atomic mass is 35.5. The average Bonchev–Trinajstić information content (AvgIpc) is 3.11. The normalized spacial score (nSPS) is 10.8. The summed E-state index contributed by atoms with van der Waals surface area (Å²) in [5.74, 6) is -1.73. The minimum atomic E-state index is -0.645. The number of aryl methyl sites for hydroxylation is 1. The van der Waals surface area contributed by atoms with Gasteiger partial charge in [0.1, 0.15) is 18.2 Å². The largest absolute Gasteiger partial charge is 0.352 e. The molecule has 1 heterocycles. The molecule has 0 saturated heterocycles. The first-order chi connectivity index (χ1) is 13.9. The zero-order valence-corrected chi connectivity index (χ0v) is 16.2. The molecule has 29 heavy (non-hydrogen) atoms. The van der Waals surface area contributed by atoms with E-state index < -0.39 is 11.7 Å². The van der Waals surface area contributed by atoms with E-state index in [4.69, 9.17) is 11.6 Å². The van der Waals surface area contributed by atoms with Crippen LogP contribution in [0.1, 0.15) is 22.6 Å². The molecule has 6 nitrogen and oxygen atoms in total. The molecule has 0 unspecified atom stereocenters. The van der Waals surface area contributed by atoms with Gasteiger partial charge in [-0.1, -0.05) is 23.7 Å². The Balaban J connectivity index is 1.79. The molecule has 150 valence electrons. The third-order valence-electron chi connectivity index (χ3n) is 4.19. The first-order valence-corrected chi connectivity index (χ1v) is 9.13. The zero-order valence-electron chi connectivity index (χ0n) is 15.5. The van der Waals surface area contributed by atoms with E-state index >= 15 is 0 Å². The standard InChI is InChI=1S/C20H17ClF2N4O2/c1-24-20(29)19-25-18(13-6-8-16(21)17(23)10-13)26-27(19)11-15(28)7-5-12-3-2-4-14(22)9-12/h2-4,6,8-10H,5,7,11H2,1H3,(H,24,29). The van der Waals surface area contributed by atoms with Crippen molar-refractivity contribution in [2.24, 2.45) is 0 Å². The lowest BCUT2D eigenvalue weighted by Crippen LogP contribution is -2.25. The fourth-order valence-electron chi connectivity index (χ4n) is 2.71. The van der Waals surface area contributed by atoms with Crippen LogP contribution in [0.2, 0.25) is 5.02 Å². The number of hydrogen-bond acceptors (Lipinski definition) is 4. The molecule has 0 bridgehead atoms. The van der Waals surface area contributed by atoms with E-state index in [0.717, 1.165) is 6.07 Å². The number of carbonyl (C=O) groups excluding carboxylic acids is 2. The van der Waals surface area contributed by atoms with Crippen molar-refractivity contribution in [1.29, 1.82) is 0 Å². The predicted octanol–water partition coefficient (Wildman–Crippen LogP) is 3.44. The quantitative estimate of drug-likeness (QED) is 0.637. The van der Waals surface area contributed by atoms with Gasteiger partial charge in [-0.2, -0.15) is 0 Å². The molecule has 0 radical (unpaired) electrons. The average molecular weight is 419 g/mol. The third-order valence-corrected chi connectivity index (χ3v) is 4.49. The summed E-state index contributed by atoms with van der Waals surface area (Å²) in [5.41, 5.74) is 1.02. The van der Waals surface area contributed by atoms with Gasteiger partial charge in [0.25, 0.3) is 5.91 Å². The lowest BCUT2D eigenvalue weighted by Gasteiger charge is -2.05. The molecule has 1 aromatic heterocycles. The number of hydrogen-bond donors (Lipinski definition) is 1. The molecular formula is C20H17ClF2N4O2. The van der Waals surface area contributed by atoms with Crippen LogP contribution in [-0.4, -0.2) is 33.5 Å². The summed E-state index contributed by atoms with van der Waals surface area (Å²) in [6, 6.07) is 10.0. The number of rotatable bonds is 7. The van der Waals surface area contributed by atoms with Crippen molar-refractivity contribution in [2.75, 3.05) is 7.05 Å². The van der Waals surface area contributed by atoms with Crippen LogP contribution in [0.4, 0.5) is 8.78 Å². The number of halogens is 3. The lowest BCUT2D eigenvalue weighted by molar-refractivity contribution is -0.119. The monoisotopic (exact) mass is 418 g/mol. The Morgan fingerprint density at radius 1 is 1.17 bits per heavy atom. The summed E-state index contributed by atoms with van der Waals surface area (Å²) in [7, 11) is 1.43. The summed E-state index contributed by atoms with van der Waals surface area (Å²) in [6.07, 6.45) is 0.497. The molecule has 3 rings (SSSR count). The van der Waals surface area contributed by atoms with Crippen LogP contribution in [-0.2, 0) is 17.8 Å². The number of aromatic nitrogens is 3. The van der Waals surface area contributed by atoms with E-state index in [-0.39, 0.29) is 41.2 Å². The van der Waals surface area contributed by atoms with Crippen molar-refractivity contribution in [3.63, 3.8) is 0 Å². The maximum atomic E-state index is 13.7. The Labute approximate surface area is 170 Å². The molecule has 0 aliphatic heterocycles. The van der Waals surface area contributed by atoms with Gasteiger partial charge >= 0.3 is 0 Å². The van der Waals surface area contributed by atoms with Gasteiger partial charge in [0, 0.05) is 19.0 Å². The fourth-order valence-corrected chi connectivity index (χ4v) is 2.83. The molecular weight excluding hydrogens is 402 g/mol. The van der Waals surface area contributed by atoms with Gasteiger partial charge in [-0.3, -0.25) is 9.59 Å². The number of nitrogens with one attached hydrogen (secondary N) is 1. The van der Waals surface area contributed by atoms with E-state index in [9.17, 15) is 18.4 Å². The van der Waals surface area contributed by atoms with Crippen molar-refractivity contribution in [3.8, 4) is 11.4 Å². The molecule has 0 fully saturated rings. The van der Waals surface area contributed by atoms with Gasteiger partial charge in [0.2, 0.25) is 5.82 Å². The van der Waals surface area contributed by atoms with Crippen LogP contribution >= 0.6 is 11.6 Å². The number of carbonyl (C=O) groups is 2. The number of benzene rings is 2. The highest BCUT2D eigenvalue weighted by Gasteiger charge is 2.20. The number of nitrogens with zero attached hydrogens (tertiary/aromatic N) is 3. The number of ketones is 1. The number of amides is 1. The van der Waals surface area contributed by atoms with E-state index in [1.807, 2.05) is 0 Å². The first kappa shape index (κ1) is 20.6. The zero-order chi connectivity index (χ0) is 21.0. The summed E-state index contributed by atoms with van der Waals surface area (Å²) < 4.78 is 28.2. The molecule has 1 N–H and O–H groups in total. The van der Waals surface area contributed by atoms with E-state index in [1.165, 1.54) is 36.0 Å². The Kier molecular flexibility index (Phi) is 6.33.